The lowest BCUT2D eigenvalue weighted by Crippen LogP contribution is -2.05. The van der Waals surface area contributed by atoms with Gasteiger partial charge in [0.2, 0.25) is 0 Å². The minimum Gasteiger partial charge on any atom is -0.249 e. The summed E-state index contributed by atoms with van der Waals surface area (Å²) in [7, 11) is -2.16. The Kier molecular flexibility index (Phi) is 3.89. The zero-order chi connectivity index (χ0) is 10.6. The van der Waals surface area contributed by atoms with E-state index in [1.54, 1.807) is 18.3 Å². The molecule has 14 heavy (non-hydrogen) atoms. The number of halogens is 1. The van der Waals surface area contributed by atoms with Crippen molar-refractivity contribution in [3.8, 4) is 0 Å². The van der Waals surface area contributed by atoms with E-state index >= 15 is 0 Å². The lowest BCUT2D eigenvalue weighted by atomic mass is 10.5. The van der Waals surface area contributed by atoms with Crippen molar-refractivity contribution < 1.29 is 4.21 Å². The fourth-order valence-corrected chi connectivity index (χ4v) is 2.28. The van der Waals surface area contributed by atoms with E-state index in [4.69, 9.17) is 11.6 Å². The Morgan fingerprint density at radius 2 is 2.14 bits per heavy atom. The topological polar surface area (TPSA) is 42.3 Å². The van der Waals surface area contributed by atoms with Crippen molar-refractivity contribution in [2.24, 2.45) is 4.36 Å². The summed E-state index contributed by atoms with van der Waals surface area (Å²) in [5.41, 5.74) is 0. The molecule has 0 aromatic carbocycles. The summed E-state index contributed by atoms with van der Waals surface area (Å²) >= 11 is 5.86. The maximum absolute atomic E-state index is 12.0. The van der Waals surface area contributed by atoms with Crippen molar-refractivity contribution in [2.45, 2.75) is 13.8 Å². The number of hydrogen-bond donors (Lipinski definition) is 0. The van der Waals surface area contributed by atoms with E-state index in [0.29, 0.717) is 22.3 Å². The van der Waals surface area contributed by atoms with Gasteiger partial charge in [0.25, 0.3) is 0 Å². The molecule has 0 aliphatic heterocycles. The molecule has 0 unspecified atom stereocenters. The van der Waals surface area contributed by atoms with Gasteiger partial charge in [-0.15, -0.1) is 0 Å². The summed E-state index contributed by atoms with van der Waals surface area (Å²) in [6.45, 7) is 3.71. The Bertz CT molecular complexity index is 415. The van der Waals surface area contributed by atoms with Crippen molar-refractivity contribution in [1.82, 2.24) is 4.98 Å². The molecule has 0 saturated heterocycles. The molecule has 5 heteroatoms. The van der Waals surface area contributed by atoms with Gasteiger partial charge in [0.05, 0.1) is 14.8 Å². The standard InChI is InChI=1S/C9H13ClN2OS/c1-3-14(13,4-2)12-9-8(10)6-5-7-11-9/h5-7H,3-4H2,1-2H3. The van der Waals surface area contributed by atoms with Crippen LogP contribution in [0.3, 0.4) is 0 Å². The second kappa shape index (κ2) is 4.75. The smallest absolute Gasteiger partial charge is 0.180 e. The van der Waals surface area contributed by atoms with Crippen LogP contribution in [-0.4, -0.2) is 20.7 Å². The fourth-order valence-electron chi connectivity index (χ4n) is 0.935. The maximum Gasteiger partial charge on any atom is 0.180 e. The predicted molar refractivity (Wildman–Crippen MR) is 60.6 cm³/mol. The summed E-state index contributed by atoms with van der Waals surface area (Å²) in [6.07, 6.45) is 1.59. The van der Waals surface area contributed by atoms with Gasteiger partial charge in [-0.05, 0) is 12.1 Å². The van der Waals surface area contributed by atoms with Gasteiger partial charge in [-0.3, -0.25) is 0 Å². The van der Waals surface area contributed by atoms with Crippen LogP contribution in [0.2, 0.25) is 5.02 Å². The van der Waals surface area contributed by atoms with Crippen molar-refractivity contribution >= 4 is 27.1 Å². The van der Waals surface area contributed by atoms with Gasteiger partial charge in [-0.1, -0.05) is 25.4 Å². The Morgan fingerprint density at radius 3 is 2.64 bits per heavy atom. The highest BCUT2D eigenvalue weighted by molar-refractivity contribution is 7.93. The highest BCUT2D eigenvalue weighted by atomic mass is 35.5. The SMILES string of the molecule is CCS(=O)(CC)=Nc1ncccc1Cl. The molecule has 0 radical (unpaired) electrons. The molecule has 0 bridgehead atoms. The fraction of sp³-hybridized carbons (Fsp3) is 0.444. The van der Waals surface area contributed by atoms with Crippen LogP contribution >= 0.6 is 11.6 Å². The monoisotopic (exact) mass is 232 g/mol. The average Bonchev–Trinajstić information content (AvgIpc) is 2.21. The third-order valence-electron chi connectivity index (χ3n) is 1.89. The first kappa shape index (κ1) is 11.5. The Labute approximate surface area is 89.7 Å². The van der Waals surface area contributed by atoms with Gasteiger partial charge in [0.15, 0.2) is 5.82 Å². The number of rotatable bonds is 3. The quantitative estimate of drug-likeness (QED) is 0.804. The summed E-state index contributed by atoms with van der Waals surface area (Å²) in [6, 6.07) is 3.42. The summed E-state index contributed by atoms with van der Waals surface area (Å²) in [5, 5.41) is 0.446. The largest absolute Gasteiger partial charge is 0.249 e. The Balaban J connectivity index is 3.21. The van der Waals surface area contributed by atoms with Crippen molar-refractivity contribution in [3.63, 3.8) is 0 Å². The number of hydrogen-bond acceptors (Lipinski definition) is 3. The normalized spacial score (nSPS) is 11.4. The molecule has 0 saturated carbocycles. The maximum atomic E-state index is 12.0. The van der Waals surface area contributed by atoms with Gasteiger partial charge in [-0.2, -0.15) is 4.36 Å². The molecule has 1 rings (SSSR count). The highest BCUT2D eigenvalue weighted by Crippen LogP contribution is 2.22. The zero-order valence-corrected chi connectivity index (χ0v) is 9.81. The molecule has 1 heterocycles. The lowest BCUT2D eigenvalue weighted by Gasteiger charge is -2.03. The van der Waals surface area contributed by atoms with Crippen LogP contribution in [0.4, 0.5) is 5.82 Å². The van der Waals surface area contributed by atoms with Gasteiger partial charge >= 0.3 is 0 Å². The van der Waals surface area contributed by atoms with Crippen LogP contribution in [0, 0.1) is 0 Å². The summed E-state index contributed by atoms with van der Waals surface area (Å²) in [5.74, 6) is 1.43. The Morgan fingerprint density at radius 1 is 1.50 bits per heavy atom. The van der Waals surface area contributed by atoms with E-state index in [9.17, 15) is 4.21 Å². The van der Waals surface area contributed by atoms with Crippen LogP contribution < -0.4 is 0 Å². The zero-order valence-electron chi connectivity index (χ0n) is 8.24. The molecule has 0 aliphatic carbocycles. The molecule has 0 spiro atoms. The van der Waals surface area contributed by atoms with Crippen LogP contribution in [0.5, 0.6) is 0 Å². The van der Waals surface area contributed by atoms with Crippen LogP contribution in [0.25, 0.3) is 0 Å². The van der Waals surface area contributed by atoms with E-state index in [1.807, 2.05) is 13.8 Å². The van der Waals surface area contributed by atoms with Crippen molar-refractivity contribution in [2.75, 3.05) is 11.5 Å². The van der Waals surface area contributed by atoms with Gasteiger partial charge in [0.1, 0.15) is 0 Å². The van der Waals surface area contributed by atoms with Crippen LogP contribution in [0.15, 0.2) is 22.7 Å². The summed E-state index contributed by atoms with van der Waals surface area (Å²) in [4.78, 5) is 3.98. The molecule has 0 atom stereocenters. The summed E-state index contributed by atoms with van der Waals surface area (Å²) < 4.78 is 16.1. The highest BCUT2D eigenvalue weighted by Gasteiger charge is 2.05. The molecule has 0 fully saturated rings. The van der Waals surface area contributed by atoms with Gasteiger partial charge in [0, 0.05) is 17.7 Å². The first-order valence-electron chi connectivity index (χ1n) is 4.44. The molecule has 0 amide bonds. The minimum atomic E-state index is -2.16. The van der Waals surface area contributed by atoms with Crippen LogP contribution in [0.1, 0.15) is 13.8 Å². The van der Waals surface area contributed by atoms with E-state index < -0.39 is 9.73 Å². The number of nitrogens with zero attached hydrogens (tertiary/aromatic N) is 2. The van der Waals surface area contributed by atoms with E-state index in [-0.39, 0.29) is 0 Å². The molecular weight excluding hydrogens is 220 g/mol. The second-order valence-electron chi connectivity index (χ2n) is 2.75. The number of aromatic nitrogens is 1. The first-order chi connectivity index (χ1) is 6.61. The van der Waals surface area contributed by atoms with Crippen molar-refractivity contribution in [3.05, 3.63) is 23.4 Å². The van der Waals surface area contributed by atoms with Crippen molar-refractivity contribution in [1.29, 1.82) is 0 Å². The average molecular weight is 233 g/mol. The lowest BCUT2D eigenvalue weighted by molar-refractivity contribution is 0.678. The molecule has 1 aromatic rings. The van der Waals surface area contributed by atoms with E-state index in [1.165, 1.54) is 0 Å². The second-order valence-corrected chi connectivity index (χ2v) is 6.04. The molecular formula is C9H13ClN2OS. The molecule has 78 valence electrons. The predicted octanol–water partition coefficient (Wildman–Crippen LogP) is 2.87. The molecule has 0 aliphatic rings. The van der Waals surface area contributed by atoms with Crippen LogP contribution in [-0.2, 0) is 9.73 Å². The first-order valence-corrected chi connectivity index (χ1v) is 6.67. The third-order valence-corrected chi connectivity index (χ3v) is 4.50. The number of pyridine rings is 1. The third kappa shape index (κ3) is 2.69. The van der Waals surface area contributed by atoms with E-state index in [2.05, 4.69) is 9.35 Å². The molecule has 0 N–H and O–H groups in total. The van der Waals surface area contributed by atoms with Gasteiger partial charge in [-0.25, -0.2) is 9.19 Å². The van der Waals surface area contributed by atoms with Gasteiger partial charge < -0.3 is 0 Å². The minimum absolute atomic E-state index is 0.378. The van der Waals surface area contributed by atoms with E-state index in [0.717, 1.165) is 0 Å². The molecule has 3 nitrogen and oxygen atoms in total. The Hall–Kier alpha value is -0.610. The molecule has 1 aromatic heterocycles.